The number of rotatable bonds is 6. The number of fused-ring (bicyclic) bond motifs is 5. The number of aryl methyl sites for hydroxylation is 1. The lowest BCUT2D eigenvalue weighted by molar-refractivity contribution is 0.107. The van der Waals surface area contributed by atoms with E-state index < -0.39 is 29.1 Å². The minimum Gasteiger partial charge on any atom is -0.461 e. The second-order valence-corrected chi connectivity index (χ2v) is 13.9. The van der Waals surface area contributed by atoms with Crippen LogP contribution in [0.1, 0.15) is 43.2 Å². The molecule has 242 valence electrons. The lowest BCUT2D eigenvalue weighted by atomic mass is 9.92. The van der Waals surface area contributed by atoms with Crippen molar-refractivity contribution >= 4 is 39.2 Å². The Kier molecular flexibility index (Phi) is 7.01. The third-order valence-corrected chi connectivity index (χ3v) is 10.9. The summed E-state index contributed by atoms with van der Waals surface area (Å²) in [6.07, 6.45) is 3.27. The molecule has 0 radical (unpaired) electrons. The molecule has 4 fully saturated rings. The number of alkyl halides is 1. The monoisotopic (exact) mass is 655 g/mol. The summed E-state index contributed by atoms with van der Waals surface area (Å²) in [6.45, 7) is 5.85. The molecule has 0 saturated carbocycles. The van der Waals surface area contributed by atoms with Crippen LogP contribution in [0.5, 0.6) is 6.01 Å². The molecule has 8 rings (SSSR count). The minimum atomic E-state index is -1.76. The molecule has 4 saturated heterocycles. The van der Waals surface area contributed by atoms with Gasteiger partial charge in [-0.25, -0.2) is 8.78 Å². The predicted octanol–water partition coefficient (Wildman–Crippen LogP) is 6.63. The number of H-pyrrole nitrogens is 1. The van der Waals surface area contributed by atoms with Gasteiger partial charge in [-0.3, -0.25) is 10.00 Å². The van der Waals surface area contributed by atoms with Crippen LogP contribution in [0.4, 0.5) is 23.4 Å². The zero-order valence-corrected chi connectivity index (χ0v) is 26.3. The Bertz CT molecular complexity index is 1910. The van der Waals surface area contributed by atoms with Crippen LogP contribution in [0.2, 0.25) is 5.02 Å². The first-order chi connectivity index (χ1) is 22.0. The van der Waals surface area contributed by atoms with Crippen molar-refractivity contribution in [3.63, 3.8) is 0 Å². The average Bonchev–Trinajstić information content (AvgIpc) is 3.75. The number of aromatic amines is 1. The summed E-state index contributed by atoms with van der Waals surface area (Å²) >= 11 is 6.93. The lowest BCUT2D eigenvalue weighted by Crippen LogP contribution is -2.59. The molecular weight excluding hydrogens is 622 g/mol. The SMILES string of the molecule is Cc1cc2[nH]ncc2c(-c2c(Cl)cc3c(N4C[C@H]5CC[C@@](C=C(F)F)(C4)N5)nc(OCC45CCCN4C[C@H](F)C5)nc3c2F)c1C. The van der Waals surface area contributed by atoms with E-state index in [4.69, 9.17) is 21.3 Å². The third-order valence-electron chi connectivity index (χ3n) is 10.6. The van der Waals surface area contributed by atoms with E-state index in [1.165, 1.54) is 0 Å². The fraction of sp³-hybridized carbons (Fsp3) is 0.485. The summed E-state index contributed by atoms with van der Waals surface area (Å²) in [4.78, 5) is 13.4. The maximum atomic E-state index is 17.0. The van der Waals surface area contributed by atoms with E-state index in [2.05, 4.69) is 25.4 Å². The number of nitrogens with zero attached hydrogens (tertiary/aromatic N) is 5. The highest BCUT2D eigenvalue weighted by Gasteiger charge is 2.50. The number of halogens is 5. The standard InChI is InChI=1S/C33H34ClF4N7O/c1-17-8-24-22(12-39-43-24)26(18(17)2)27-23(34)9-21-29(28(27)38)40-31(46-16-33-5-3-7-45(33)13-19(35)10-33)41-30(21)44-14-20-4-6-32(15-44,42-20)11-25(36)37/h8-9,11-12,19-20,42H,3-7,10,13-16H2,1-2H3,(H,39,43)/t19-,20-,32-,33?/m1/s1. The van der Waals surface area contributed by atoms with Crippen molar-refractivity contribution in [2.45, 2.75) is 69.2 Å². The quantitative estimate of drug-likeness (QED) is 0.226. The van der Waals surface area contributed by atoms with E-state index in [0.717, 1.165) is 47.5 Å². The number of nitrogens with one attached hydrogen (secondary N) is 2. The Hall–Kier alpha value is -3.48. The number of aromatic nitrogens is 4. The van der Waals surface area contributed by atoms with E-state index in [-0.39, 0.29) is 41.3 Å². The van der Waals surface area contributed by atoms with Crippen LogP contribution in [-0.2, 0) is 0 Å². The van der Waals surface area contributed by atoms with Crippen molar-refractivity contribution in [1.29, 1.82) is 0 Å². The zero-order valence-electron chi connectivity index (χ0n) is 25.6. The maximum Gasteiger partial charge on any atom is 0.319 e. The molecular formula is C33H34ClF4N7O. The smallest absolute Gasteiger partial charge is 0.319 e. The lowest BCUT2D eigenvalue weighted by Gasteiger charge is -2.40. The van der Waals surface area contributed by atoms with Crippen molar-refractivity contribution in [1.82, 2.24) is 30.4 Å². The Morgan fingerprint density at radius 1 is 1.15 bits per heavy atom. The molecule has 8 nitrogen and oxygen atoms in total. The maximum absolute atomic E-state index is 17.0. The average molecular weight is 656 g/mol. The molecule has 46 heavy (non-hydrogen) atoms. The van der Waals surface area contributed by atoms with Crippen LogP contribution in [0.15, 0.2) is 30.5 Å². The van der Waals surface area contributed by atoms with E-state index in [1.54, 1.807) is 12.3 Å². The molecule has 13 heteroatoms. The summed E-state index contributed by atoms with van der Waals surface area (Å²) in [5.41, 5.74) is 1.94. The molecule has 4 aliphatic heterocycles. The summed E-state index contributed by atoms with van der Waals surface area (Å²) < 4.78 is 65.0. The van der Waals surface area contributed by atoms with Crippen LogP contribution < -0.4 is 15.0 Å². The Morgan fingerprint density at radius 3 is 2.83 bits per heavy atom. The van der Waals surface area contributed by atoms with Crippen LogP contribution in [0.25, 0.3) is 32.9 Å². The number of benzene rings is 2. The molecule has 2 aromatic carbocycles. The van der Waals surface area contributed by atoms with Crippen molar-refractivity contribution in [2.75, 3.05) is 37.7 Å². The highest BCUT2D eigenvalue weighted by Crippen LogP contribution is 2.45. The van der Waals surface area contributed by atoms with E-state index in [1.807, 2.05) is 24.8 Å². The van der Waals surface area contributed by atoms with Gasteiger partial charge in [0.15, 0.2) is 5.82 Å². The highest BCUT2D eigenvalue weighted by molar-refractivity contribution is 6.35. The number of anilines is 1. The topological polar surface area (TPSA) is 82.2 Å². The normalized spacial score (nSPS) is 27.6. The Morgan fingerprint density at radius 2 is 2.00 bits per heavy atom. The third kappa shape index (κ3) is 4.74. The molecule has 0 amide bonds. The van der Waals surface area contributed by atoms with Crippen LogP contribution in [-0.4, -0.2) is 81.1 Å². The van der Waals surface area contributed by atoms with Gasteiger partial charge in [0, 0.05) is 60.1 Å². The van der Waals surface area contributed by atoms with Gasteiger partial charge in [-0.2, -0.15) is 23.8 Å². The van der Waals surface area contributed by atoms with E-state index in [9.17, 15) is 13.2 Å². The van der Waals surface area contributed by atoms with E-state index in [0.29, 0.717) is 49.1 Å². The van der Waals surface area contributed by atoms with Gasteiger partial charge in [-0.1, -0.05) is 11.6 Å². The van der Waals surface area contributed by atoms with Crippen molar-refractivity contribution in [2.24, 2.45) is 0 Å². The molecule has 2 bridgehead atoms. The predicted molar refractivity (Wildman–Crippen MR) is 169 cm³/mol. The van der Waals surface area contributed by atoms with Gasteiger partial charge >= 0.3 is 6.01 Å². The van der Waals surface area contributed by atoms with Crippen molar-refractivity contribution in [3.05, 3.63) is 52.5 Å². The van der Waals surface area contributed by atoms with Crippen LogP contribution in [0.3, 0.4) is 0 Å². The summed E-state index contributed by atoms with van der Waals surface area (Å²) in [7, 11) is 0. The molecule has 2 aromatic heterocycles. The fourth-order valence-electron chi connectivity index (χ4n) is 8.44. The summed E-state index contributed by atoms with van der Waals surface area (Å²) in [5.74, 6) is -0.275. The van der Waals surface area contributed by atoms with Gasteiger partial charge in [-0.05, 0) is 69.3 Å². The van der Waals surface area contributed by atoms with Gasteiger partial charge in [0.1, 0.15) is 24.1 Å². The summed E-state index contributed by atoms with van der Waals surface area (Å²) in [5, 5.41) is 11.7. The van der Waals surface area contributed by atoms with Gasteiger partial charge in [0.2, 0.25) is 0 Å². The molecule has 0 spiro atoms. The van der Waals surface area contributed by atoms with Crippen molar-refractivity contribution < 1.29 is 22.3 Å². The van der Waals surface area contributed by atoms with Gasteiger partial charge in [0.05, 0.1) is 27.8 Å². The summed E-state index contributed by atoms with van der Waals surface area (Å²) in [6, 6.07) is 3.51. The second kappa shape index (κ2) is 10.8. The van der Waals surface area contributed by atoms with Crippen LogP contribution >= 0.6 is 11.6 Å². The largest absolute Gasteiger partial charge is 0.461 e. The Balaban J connectivity index is 1.29. The number of hydrogen-bond acceptors (Lipinski definition) is 7. The first-order valence-electron chi connectivity index (χ1n) is 15.8. The van der Waals surface area contributed by atoms with Gasteiger partial charge in [-0.15, -0.1) is 0 Å². The molecule has 4 atom stereocenters. The molecule has 4 aromatic rings. The first-order valence-corrected chi connectivity index (χ1v) is 16.1. The highest BCUT2D eigenvalue weighted by atomic mass is 35.5. The molecule has 1 unspecified atom stereocenters. The van der Waals surface area contributed by atoms with Gasteiger partial charge in [0.25, 0.3) is 6.08 Å². The zero-order chi connectivity index (χ0) is 32.0. The molecule has 6 heterocycles. The Labute approximate surface area is 268 Å². The fourth-order valence-corrected chi connectivity index (χ4v) is 8.73. The van der Waals surface area contributed by atoms with Gasteiger partial charge < -0.3 is 15.0 Å². The number of hydrogen-bond donors (Lipinski definition) is 2. The second-order valence-electron chi connectivity index (χ2n) is 13.5. The molecule has 4 aliphatic rings. The van der Waals surface area contributed by atoms with Crippen LogP contribution in [0, 0.1) is 19.7 Å². The minimum absolute atomic E-state index is 0.0136. The molecule has 0 aliphatic carbocycles. The van der Waals surface area contributed by atoms with Crippen molar-refractivity contribution in [3.8, 4) is 17.1 Å². The molecule has 2 N–H and O–H groups in total. The first kappa shape index (κ1) is 29.9. The van der Waals surface area contributed by atoms with E-state index >= 15 is 4.39 Å². The number of ether oxygens (including phenoxy) is 1. The number of piperazine rings is 1.